The van der Waals surface area contributed by atoms with Crippen LogP contribution in [0.2, 0.25) is 0 Å². The molecule has 0 saturated heterocycles. The number of rotatable bonds is 5. The highest BCUT2D eigenvalue weighted by Gasteiger charge is 2.31. The molecule has 2 heterocycles. The Labute approximate surface area is 163 Å². The number of anilines is 1. The molecule has 1 N–H and O–H groups in total. The van der Waals surface area contributed by atoms with Gasteiger partial charge in [0.2, 0.25) is 0 Å². The molecular formula is C21H24FN3OS. The number of fused-ring (bicyclic) bond motifs is 1. The number of allylic oxidation sites excluding steroid dienone is 1. The SMILES string of the molecule is CCCN1c2cc(F)c(/C=N/NC(=O)c3cccs3)cc2C(C)=CC1(C)C. The molecule has 0 bridgehead atoms. The molecule has 6 heteroatoms. The summed E-state index contributed by atoms with van der Waals surface area (Å²) in [6.07, 6.45) is 4.55. The molecule has 1 amide bonds. The second kappa shape index (κ2) is 7.64. The van der Waals surface area contributed by atoms with E-state index in [9.17, 15) is 9.18 Å². The summed E-state index contributed by atoms with van der Waals surface area (Å²) in [5.74, 6) is -0.652. The van der Waals surface area contributed by atoms with Gasteiger partial charge >= 0.3 is 0 Å². The van der Waals surface area contributed by atoms with Gasteiger partial charge in [0.15, 0.2) is 0 Å². The topological polar surface area (TPSA) is 44.7 Å². The molecule has 3 rings (SSSR count). The highest BCUT2D eigenvalue weighted by Crippen LogP contribution is 2.39. The monoisotopic (exact) mass is 385 g/mol. The first kappa shape index (κ1) is 19.3. The zero-order valence-electron chi connectivity index (χ0n) is 16.0. The minimum absolute atomic E-state index is 0.163. The molecule has 0 radical (unpaired) electrons. The Morgan fingerprint density at radius 1 is 1.41 bits per heavy atom. The lowest BCUT2D eigenvalue weighted by Gasteiger charge is -2.43. The van der Waals surface area contributed by atoms with E-state index in [1.807, 2.05) is 12.3 Å². The van der Waals surface area contributed by atoms with E-state index in [2.05, 4.69) is 42.3 Å². The lowest BCUT2D eigenvalue weighted by molar-refractivity contribution is 0.0959. The second-order valence-corrected chi connectivity index (χ2v) is 8.15. The number of hydrazone groups is 1. The first-order chi connectivity index (χ1) is 12.8. The van der Waals surface area contributed by atoms with E-state index in [0.717, 1.165) is 29.8 Å². The summed E-state index contributed by atoms with van der Waals surface area (Å²) >= 11 is 1.33. The van der Waals surface area contributed by atoms with Gasteiger partial charge in [-0.25, -0.2) is 9.82 Å². The van der Waals surface area contributed by atoms with Crippen LogP contribution < -0.4 is 10.3 Å². The highest BCUT2D eigenvalue weighted by molar-refractivity contribution is 7.12. The Balaban J connectivity index is 1.88. The van der Waals surface area contributed by atoms with Crippen LogP contribution in [0.5, 0.6) is 0 Å². The highest BCUT2D eigenvalue weighted by atomic mass is 32.1. The Morgan fingerprint density at radius 2 is 2.19 bits per heavy atom. The fourth-order valence-corrected chi connectivity index (χ4v) is 4.08. The van der Waals surface area contributed by atoms with Gasteiger partial charge in [0.1, 0.15) is 5.82 Å². The van der Waals surface area contributed by atoms with Crippen molar-refractivity contribution in [3.8, 4) is 0 Å². The van der Waals surface area contributed by atoms with Crippen molar-refractivity contribution < 1.29 is 9.18 Å². The van der Waals surface area contributed by atoms with Gasteiger partial charge in [-0.05, 0) is 56.3 Å². The number of nitrogens with zero attached hydrogens (tertiary/aromatic N) is 2. The van der Waals surface area contributed by atoms with Crippen molar-refractivity contribution in [2.24, 2.45) is 5.10 Å². The van der Waals surface area contributed by atoms with E-state index in [1.165, 1.54) is 17.6 Å². The lowest BCUT2D eigenvalue weighted by Crippen LogP contribution is -2.45. The molecule has 0 unspecified atom stereocenters. The predicted molar refractivity (Wildman–Crippen MR) is 111 cm³/mol. The lowest BCUT2D eigenvalue weighted by atomic mass is 9.88. The number of amides is 1. The van der Waals surface area contributed by atoms with Crippen LogP contribution in [0.3, 0.4) is 0 Å². The summed E-state index contributed by atoms with van der Waals surface area (Å²) in [5, 5.41) is 5.75. The van der Waals surface area contributed by atoms with Crippen molar-refractivity contribution in [2.45, 2.75) is 39.7 Å². The summed E-state index contributed by atoms with van der Waals surface area (Å²) in [5.41, 5.74) is 5.64. The number of hydrogen-bond donors (Lipinski definition) is 1. The Morgan fingerprint density at radius 3 is 2.85 bits per heavy atom. The van der Waals surface area contributed by atoms with Gasteiger partial charge in [0.25, 0.3) is 5.91 Å². The van der Waals surface area contributed by atoms with Crippen LogP contribution >= 0.6 is 11.3 Å². The zero-order chi connectivity index (χ0) is 19.6. The molecule has 2 aromatic rings. The summed E-state index contributed by atoms with van der Waals surface area (Å²) in [6.45, 7) is 9.30. The average molecular weight is 386 g/mol. The number of benzene rings is 1. The summed E-state index contributed by atoms with van der Waals surface area (Å²) in [4.78, 5) is 14.7. The number of carbonyl (C=O) groups is 1. The van der Waals surface area contributed by atoms with E-state index in [4.69, 9.17) is 0 Å². The second-order valence-electron chi connectivity index (χ2n) is 7.20. The maximum absolute atomic E-state index is 14.7. The van der Waals surface area contributed by atoms with Crippen molar-refractivity contribution in [2.75, 3.05) is 11.4 Å². The van der Waals surface area contributed by atoms with E-state index < -0.39 is 0 Å². The smallest absolute Gasteiger partial charge is 0.281 e. The molecule has 4 nitrogen and oxygen atoms in total. The van der Waals surface area contributed by atoms with Gasteiger partial charge in [-0.1, -0.05) is 19.1 Å². The van der Waals surface area contributed by atoms with E-state index in [0.29, 0.717) is 10.4 Å². The van der Waals surface area contributed by atoms with Crippen LogP contribution in [0.25, 0.3) is 5.57 Å². The molecule has 0 fully saturated rings. The largest absolute Gasteiger partial charge is 0.362 e. The van der Waals surface area contributed by atoms with Crippen molar-refractivity contribution in [3.05, 3.63) is 57.5 Å². The van der Waals surface area contributed by atoms with Crippen LogP contribution in [-0.2, 0) is 0 Å². The molecule has 1 aliphatic rings. The van der Waals surface area contributed by atoms with E-state index in [-0.39, 0.29) is 17.3 Å². The van der Waals surface area contributed by atoms with Crippen LogP contribution in [-0.4, -0.2) is 24.2 Å². The van der Waals surface area contributed by atoms with Crippen molar-refractivity contribution >= 4 is 34.7 Å². The molecule has 27 heavy (non-hydrogen) atoms. The van der Waals surface area contributed by atoms with E-state index in [1.54, 1.807) is 24.3 Å². The first-order valence-electron chi connectivity index (χ1n) is 9.01. The van der Waals surface area contributed by atoms with Crippen molar-refractivity contribution in [3.63, 3.8) is 0 Å². The van der Waals surface area contributed by atoms with E-state index >= 15 is 0 Å². The van der Waals surface area contributed by atoms with Gasteiger partial charge in [0.05, 0.1) is 16.6 Å². The fraction of sp³-hybridized carbons (Fsp3) is 0.333. The molecule has 0 aliphatic carbocycles. The predicted octanol–water partition coefficient (Wildman–Crippen LogP) is 5.06. The molecule has 0 atom stereocenters. The zero-order valence-corrected chi connectivity index (χ0v) is 16.9. The maximum atomic E-state index is 14.7. The fourth-order valence-electron chi connectivity index (χ4n) is 3.47. The number of nitrogens with one attached hydrogen (secondary N) is 1. The Bertz CT molecular complexity index is 900. The quantitative estimate of drug-likeness (QED) is 0.577. The third-order valence-corrected chi connectivity index (χ3v) is 5.53. The van der Waals surface area contributed by atoms with Crippen molar-refractivity contribution in [1.29, 1.82) is 0 Å². The Hall–Kier alpha value is -2.47. The minimum atomic E-state index is -0.352. The minimum Gasteiger partial charge on any atom is -0.362 e. The molecule has 0 saturated carbocycles. The number of hydrogen-bond acceptors (Lipinski definition) is 4. The van der Waals surface area contributed by atoms with Crippen LogP contribution in [0.4, 0.5) is 10.1 Å². The third-order valence-electron chi connectivity index (χ3n) is 4.66. The molecule has 1 aromatic heterocycles. The number of halogens is 1. The Kier molecular flexibility index (Phi) is 5.46. The summed E-state index contributed by atoms with van der Waals surface area (Å²) < 4.78 is 14.7. The maximum Gasteiger partial charge on any atom is 0.281 e. The molecule has 142 valence electrons. The van der Waals surface area contributed by atoms with Gasteiger partial charge in [-0.2, -0.15) is 5.10 Å². The van der Waals surface area contributed by atoms with Gasteiger partial charge in [-0.15, -0.1) is 11.3 Å². The van der Waals surface area contributed by atoms with Gasteiger partial charge in [-0.3, -0.25) is 4.79 Å². The number of carbonyl (C=O) groups excluding carboxylic acids is 1. The van der Waals surface area contributed by atoms with Gasteiger partial charge < -0.3 is 4.90 Å². The standard InChI is InChI=1S/C21H24FN3OS/c1-5-8-25-18-11-17(22)15(10-16(18)14(2)12-21(25,3)4)13-23-24-20(26)19-7-6-9-27-19/h6-7,9-13H,5,8H2,1-4H3,(H,24,26)/b23-13+. The molecular weight excluding hydrogens is 361 g/mol. The molecule has 1 aromatic carbocycles. The summed E-state index contributed by atoms with van der Waals surface area (Å²) in [6, 6.07) is 6.89. The summed E-state index contributed by atoms with van der Waals surface area (Å²) in [7, 11) is 0. The normalized spacial score (nSPS) is 15.6. The third kappa shape index (κ3) is 3.95. The molecule has 0 spiro atoms. The van der Waals surface area contributed by atoms with Crippen LogP contribution in [0.15, 0.2) is 40.8 Å². The van der Waals surface area contributed by atoms with Crippen LogP contribution in [0, 0.1) is 5.82 Å². The van der Waals surface area contributed by atoms with Crippen LogP contribution in [0.1, 0.15) is 54.9 Å². The van der Waals surface area contributed by atoms with Gasteiger partial charge in [0, 0.05) is 23.4 Å². The van der Waals surface area contributed by atoms with Crippen molar-refractivity contribution in [1.82, 2.24) is 5.43 Å². The molecule has 1 aliphatic heterocycles. The number of thiophene rings is 1. The first-order valence-corrected chi connectivity index (χ1v) is 9.89. The average Bonchev–Trinajstić information content (AvgIpc) is 3.14.